The van der Waals surface area contributed by atoms with Gasteiger partial charge in [0.2, 0.25) is 5.95 Å². The number of sulfone groups is 1. The van der Waals surface area contributed by atoms with Gasteiger partial charge in [-0.05, 0) is 67.0 Å². The lowest BCUT2D eigenvalue weighted by molar-refractivity contribution is 0.0946. The number of carbonyl (C=O) groups excluding carboxylic acids is 1. The smallest absolute Gasteiger partial charge is 0.251 e. The van der Waals surface area contributed by atoms with Crippen LogP contribution in [0.2, 0.25) is 0 Å². The van der Waals surface area contributed by atoms with Gasteiger partial charge in [0.05, 0.1) is 11.5 Å². The number of nitrogens with two attached hydrogens (primary N) is 1. The van der Waals surface area contributed by atoms with Crippen LogP contribution in [-0.4, -0.2) is 69.4 Å². The summed E-state index contributed by atoms with van der Waals surface area (Å²) in [6.07, 6.45) is 0.712. The average Bonchev–Trinajstić information content (AvgIpc) is 2.84. The topological polar surface area (TPSA) is 109 Å². The maximum atomic E-state index is 15.2. The van der Waals surface area contributed by atoms with E-state index in [0.717, 1.165) is 22.4 Å². The van der Waals surface area contributed by atoms with Crippen LogP contribution < -0.4 is 16.0 Å². The van der Waals surface area contributed by atoms with Gasteiger partial charge in [-0.15, -0.1) is 0 Å². The maximum Gasteiger partial charge on any atom is 0.251 e. The van der Waals surface area contributed by atoms with E-state index in [-0.39, 0.29) is 23.2 Å². The molecule has 2 aliphatic rings. The molecular formula is C27H30FN5O3S. The number of rotatable bonds is 5. The van der Waals surface area contributed by atoms with Gasteiger partial charge >= 0.3 is 0 Å². The molecule has 0 aliphatic carbocycles. The van der Waals surface area contributed by atoms with Crippen molar-refractivity contribution in [3.63, 3.8) is 0 Å². The zero-order valence-corrected chi connectivity index (χ0v) is 21.7. The Labute approximate surface area is 216 Å². The van der Waals surface area contributed by atoms with E-state index in [1.807, 2.05) is 49.3 Å². The third-order valence-electron chi connectivity index (χ3n) is 6.91. The lowest BCUT2D eigenvalue weighted by Crippen LogP contribution is -2.40. The summed E-state index contributed by atoms with van der Waals surface area (Å²) >= 11 is 0. The first-order valence-electron chi connectivity index (χ1n) is 12.2. The molecule has 1 saturated heterocycles. The molecule has 0 bridgehead atoms. The summed E-state index contributed by atoms with van der Waals surface area (Å²) in [6, 6.07) is 12.9. The maximum absolute atomic E-state index is 15.2. The van der Waals surface area contributed by atoms with Crippen LogP contribution in [0.1, 0.15) is 21.5 Å². The predicted octanol–water partition coefficient (Wildman–Crippen LogP) is 2.72. The molecule has 37 heavy (non-hydrogen) atoms. The minimum absolute atomic E-state index is 0.0844. The van der Waals surface area contributed by atoms with E-state index in [4.69, 9.17) is 5.73 Å². The molecule has 0 radical (unpaired) electrons. The van der Waals surface area contributed by atoms with Crippen molar-refractivity contribution >= 4 is 27.2 Å². The van der Waals surface area contributed by atoms with Gasteiger partial charge in [0.1, 0.15) is 5.82 Å². The predicted molar refractivity (Wildman–Crippen MR) is 144 cm³/mol. The number of benzene rings is 2. The van der Waals surface area contributed by atoms with Gasteiger partial charge in [-0.1, -0.05) is 18.2 Å². The van der Waals surface area contributed by atoms with Crippen LogP contribution in [0.5, 0.6) is 0 Å². The highest BCUT2D eigenvalue weighted by Crippen LogP contribution is 2.35. The summed E-state index contributed by atoms with van der Waals surface area (Å²) in [5.74, 6) is -0.428. The van der Waals surface area contributed by atoms with Crippen molar-refractivity contribution in [3.8, 4) is 22.3 Å². The summed E-state index contributed by atoms with van der Waals surface area (Å²) in [7, 11) is 0.906. The number of halogens is 1. The fraction of sp³-hybridized carbons (Fsp3) is 0.333. The molecule has 1 fully saturated rings. The Kier molecular flexibility index (Phi) is 6.63. The molecule has 0 atom stereocenters. The second kappa shape index (κ2) is 9.75. The van der Waals surface area contributed by atoms with Crippen LogP contribution in [-0.2, 0) is 22.8 Å². The zero-order valence-electron chi connectivity index (χ0n) is 20.9. The van der Waals surface area contributed by atoms with E-state index in [9.17, 15) is 13.2 Å². The monoisotopic (exact) mass is 523 g/mol. The lowest BCUT2D eigenvalue weighted by Gasteiger charge is -2.31. The van der Waals surface area contributed by atoms with Gasteiger partial charge in [0, 0.05) is 48.6 Å². The van der Waals surface area contributed by atoms with Gasteiger partial charge in [0.25, 0.3) is 5.91 Å². The summed E-state index contributed by atoms with van der Waals surface area (Å²) < 4.78 is 39.0. The normalized spacial score (nSPS) is 17.0. The van der Waals surface area contributed by atoms with Crippen molar-refractivity contribution in [1.29, 1.82) is 0 Å². The van der Waals surface area contributed by atoms with Gasteiger partial charge < -0.3 is 20.9 Å². The van der Waals surface area contributed by atoms with E-state index in [0.29, 0.717) is 54.9 Å². The molecule has 10 heteroatoms. The molecule has 2 aromatic carbocycles. The molecule has 0 saturated carbocycles. The Morgan fingerprint density at radius 1 is 1.03 bits per heavy atom. The van der Waals surface area contributed by atoms with Crippen molar-refractivity contribution in [2.75, 3.05) is 55.9 Å². The largest absolute Gasteiger partial charge is 0.383 e. The molecule has 194 valence electrons. The summed E-state index contributed by atoms with van der Waals surface area (Å²) in [6.45, 7) is 2.04. The average molecular weight is 524 g/mol. The van der Waals surface area contributed by atoms with E-state index < -0.39 is 15.8 Å². The Bertz CT molecular complexity index is 1480. The zero-order chi connectivity index (χ0) is 26.3. The highest BCUT2D eigenvalue weighted by molar-refractivity contribution is 7.91. The first-order chi connectivity index (χ1) is 17.6. The third kappa shape index (κ3) is 5.17. The van der Waals surface area contributed by atoms with E-state index >= 15 is 4.39 Å². The van der Waals surface area contributed by atoms with Crippen LogP contribution in [0.25, 0.3) is 22.3 Å². The molecule has 2 aliphatic heterocycles. The highest BCUT2D eigenvalue weighted by atomic mass is 32.2. The van der Waals surface area contributed by atoms with Gasteiger partial charge in [-0.3, -0.25) is 4.79 Å². The molecule has 5 rings (SSSR count). The first-order valence-corrected chi connectivity index (χ1v) is 14.0. The highest BCUT2D eigenvalue weighted by Gasteiger charge is 2.24. The van der Waals surface area contributed by atoms with Crippen molar-refractivity contribution in [1.82, 2.24) is 15.2 Å². The standard InChI is InChI=1S/C27H30FN5O3S/c1-32(2)16-20-14-17(4-6-24(20)33-9-11-37(35,36)12-10-33)22-15-23(26(29)31-25(22)28)18-3-5-21-19(13-18)7-8-30-27(21)34/h3-6,13-15H,7-12,16H2,1-2H3,(H2,29,31)(H,30,34). The summed E-state index contributed by atoms with van der Waals surface area (Å²) in [5.41, 5.74) is 12.0. The third-order valence-corrected chi connectivity index (χ3v) is 8.52. The molecule has 0 spiro atoms. The number of nitrogens with zero attached hydrogens (tertiary/aromatic N) is 3. The van der Waals surface area contributed by atoms with Crippen molar-refractivity contribution in [2.24, 2.45) is 0 Å². The fourth-order valence-corrected chi connectivity index (χ4v) is 6.22. The number of amides is 1. The lowest BCUT2D eigenvalue weighted by atomic mass is 9.93. The number of pyridine rings is 1. The van der Waals surface area contributed by atoms with Crippen LogP contribution in [0, 0.1) is 5.95 Å². The van der Waals surface area contributed by atoms with Crippen LogP contribution in [0.15, 0.2) is 42.5 Å². The van der Waals surface area contributed by atoms with E-state index in [1.165, 1.54) is 0 Å². The summed E-state index contributed by atoms with van der Waals surface area (Å²) in [4.78, 5) is 20.3. The second-order valence-electron chi connectivity index (χ2n) is 9.86. The minimum Gasteiger partial charge on any atom is -0.383 e. The minimum atomic E-state index is -3.00. The fourth-order valence-electron chi connectivity index (χ4n) is 5.02. The Morgan fingerprint density at radius 3 is 2.46 bits per heavy atom. The molecule has 3 aromatic rings. The SMILES string of the molecule is CN(C)Cc1cc(-c2cc(-c3ccc4c(c3)CCNC4=O)c(N)nc2F)ccc1N1CCS(=O)(=O)CC1. The van der Waals surface area contributed by atoms with Gasteiger partial charge in [0.15, 0.2) is 9.84 Å². The number of nitrogens with one attached hydrogen (secondary N) is 1. The molecule has 1 amide bonds. The molecular weight excluding hydrogens is 493 g/mol. The number of fused-ring (bicyclic) bond motifs is 1. The van der Waals surface area contributed by atoms with Gasteiger partial charge in [-0.25, -0.2) is 13.4 Å². The van der Waals surface area contributed by atoms with E-state index in [1.54, 1.807) is 12.1 Å². The summed E-state index contributed by atoms with van der Waals surface area (Å²) in [5, 5.41) is 2.84. The first kappa shape index (κ1) is 25.2. The van der Waals surface area contributed by atoms with Crippen LogP contribution in [0.4, 0.5) is 15.9 Å². The number of nitrogen functional groups attached to an aromatic ring is 1. The van der Waals surface area contributed by atoms with Crippen molar-refractivity contribution in [2.45, 2.75) is 13.0 Å². The molecule has 3 N–H and O–H groups in total. The number of aromatic nitrogens is 1. The number of anilines is 2. The molecule has 3 heterocycles. The Balaban J connectivity index is 1.54. The van der Waals surface area contributed by atoms with Crippen LogP contribution in [0.3, 0.4) is 0 Å². The quantitative estimate of drug-likeness (QED) is 0.495. The molecule has 1 aromatic heterocycles. The van der Waals surface area contributed by atoms with Gasteiger partial charge in [-0.2, -0.15) is 4.39 Å². The van der Waals surface area contributed by atoms with Crippen molar-refractivity contribution < 1.29 is 17.6 Å². The molecule has 0 unspecified atom stereocenters. The Morgan fingerprint density at radius 2 is 1.73 bits per heavy atom. The molecule has 8 nitrogen and oxygen atoms in total. The van der Waals surface area contributed by atoms with Crippen LogP contribution >= 0.6 is 0 Å². The Hall–Kier alpha value is -3.50. The van der Waals surface area contributed by atoms with E-state index in [2.05, 4.69) is 15.2 Å². The second-order valence-corrected chi connectivity index (χ2v) is 12.2. The van der Waals surface area contributed by atoms with Crippen molar-refractivity contribution in [3.05, 3.63) is 65.1 Å². The number of hydrogen-bond acceptors (Lipinski definition) is 7. The number of carbonyl (C=O) groups is 1. The number of hydrogen-bond donors (Lipinski definition) is 2.